The lowest BCUT2D eigenvalue weighted by molar-refractivity contribution is -0.148. The number of Topliss-reactive ketones (excluding diaryl/α,β-unsaturated/α-hetero) is 1. The second kappa shape index (κ2) is 9.92. The number of carboxylic acid groups (broad SMARTS) is 3. The molecule has 0 aliphatic heterocycles. The molecule has 0 saturated heterocycles. The summed E-state index contributed by atoms with van der Waals surface area (Å²) in [6, 6.07) is 10.1. The van der Waals surface area contributed by atoms with Gasteiger partial charge >= 0.3 is 17.9 Å². The van der Waals surface area contributed by atoms with Crippen molar-refractivity contribution in [3.05, 3.63) is 53.6 Å². The van der Waals surface area contributed by atoms with E-state index in [0.29, 0.717) is 11.3 Å². The van der Waals surface area contributed by atoms with Gasteiger partial charge in [-0.1, -0.05) is 12.1 Å². The molecule has 0 fully saturated rings. The molecule has 0 aliphatic rings. The Labute approximate surface area is 170 Å². The van der Waals surface area contributed by atoms with Crippen molar-refractivity contribution < 1.29 is 39.6 Å². The first-order valence-corrected chi connectivity index (χ1v) is 8.69. The summed E-state index contributed by atoms with van der Waals surface area (Å²) in [6.07, 6.45) is -1.44. The Morgan fingerprint density at radius 2 is 1.40 bits per heavy atom. The lowest BCUT2D eigenvalue weighted by Crippen LogP contribution is -2.21. The van der Waals surface area contributed by atoms with Gasteiger partial charge in [0.25, 0.3) is 0 Å². The van der Waals surface area contributed by atoms with Crippen LogP contribution in [-0.4, -0.2) is 44.1 Å². The number of hydrogen-bond donors (Lipinski definition) is 4. The second-order valence-electron chi connectivity index (χ2n) is 6.40. The summed E-state index contributed by atoms with van der Waals surface area (Å²) in [7, 11) is 0. The van der Waals surface area contributed by atoms with Crippen molar-refractivity contribution in [2.75, 3.05) is 0 Å². The molecule has 10 heteroatoms. The van der Waals surface area contributed by atoms with E-state index in [0.717, 1.165) is 0 Å². The fourth-order valence-electron chi connectivity index (χ4n) is 2.57. The van der Waals surface area contributed by atoms with Crippen molar-refractivity contribution in [1.82, 2.24) is 0 Å². The van der Waals surface area contributed by atoms with Gasteiger partial charge in [-0.15, -0.1) is 0 Å². The van der Waals surface area contributed by atoms with Crippen LogP contribution in [0.2, 0.25) is 0 Å². The normalized spacial score (nSPS) is 11.9. The zero-order chi connectivity index (χ0) is 22.3. The molecule has 2 aromatic carbocycles. The molecular formula is C20H18N2O8. The van der Waals surface area contributed by atoms with Crippen molar-refractivity contribution in [2.45, 2.75) is 19.3 Å². The molecular weight excluding hydrogens is 396 g/mol. The number of azo groups is 1. The molecule has 4 N–H and O–H groups in total. The standard InChI is InChI=1S/C20H18N2O8/c23-16-6-5-14(22-21-13-3-1-11(2-4-13)7-18(25)26)10-15(16)17(24)8-12(20(29)30)9-19(27)28/h1-6,10,12,23H,7-9H2,(H,25,26)(H,27,28)(H,29,30). The molecule has 2 rings (SSSR count). The van der Waals surface area contributed by atoms with Gasteiger partial charge in [0, 0.05) is 6.42 Å². The van der Waals surface area contributed by atoms with Gasteiger partial charge in [0.2, 0.25) is 0 Å². The maximum absolute atomic E-state index is 12.4. The minimum Gasteiger partial charge on any atom is -0.507 e. The highest BCUT2D eigenvalue weighted by Gasteiger charge is 2.26. The van der Waals surface area contributed by atoms with E-state index in [4.69, 9.17) is 15.3 Å². The number of carbonyl (C=O) groups is 4. The van der Waals surface area contributed by atoms with Gasteiger partial charge in [-0.25, -0.2) is 0 Å². The maximum Gasteiger partial charge on any atom is 0.307 e. The number of benzene rings is 2. The van der Waals surface area contributed by atoms with Gasteiger partial charge in [0.15, 0.2) is 5.78 Å². The molecule has 156 valence electrons. The first-order valence-electron chi connectivity index (χ1n) is 8.69. The topological polar surface area (TPSA) is 174 Å². The van der Waals surface area contributed by atoms with Crippen molar-refractivity contribution in [3.8, 4) is 5.75 Å². The average molecular weight is 414 g/mol. The highest BCUT2D eigenvalue weighted by atomic mass is 16.4. The van der Waals surface area contributed by atoms with Crippen LogP contribution in [0, 0.1) is 5.92 Å². The third-order valence-corrected chi connectivity index (χ3v) is 4.06. The molecule has 0 aromatic heterocycles. The van der Waals surface area contributed by atoms with Crippen LogP contribution in [-0.2, 0) is 20.8 Å². The molecule has 0 heterocycles. The van der Waals surface area contributed by atoms with E-state index >= 15 is 0 Å². The Balaban J connectivity index is 2.16. The molecule has 1 unspecified atom stereocenters. The van der Waals surface area contributed by atoms with Crippen molar-refractivity contribution in [1.29, 1.82) is 0 Å². The number of aromatic hydroxyl groups is 1. The SMILES string of the molecule is O=C(O)Cc1ccc(N=Nc2ccc(O)c(C(=O)CC(CC(=O)O)C(=O)O)c2)cc1. The van der Waals surface area contributed by atoms with Gasteiger partial charge in [-0.2, -0.15) is 10.2 Å². The van der Waals surface area contributed by atoms with E-state index in [1.807, 2.05) is 0 Å². The number of rotatable bonds is 10. The summed E-state index contributed by atoms with van der Waals surface area (Å²) in [5.74, 6) is -6.29. The molecule has 0 spiro atoms. The van der Waals surface area contributed by atoms with Crippen LogP contribution < -0.4 is 0 Å². The summed E-state index contributed by atoms with van der Waals surface area (Å²) in [4.78, 5) is 45.0. The summed E-state index contributed by atoms with van der Waals surface area (Å²) >= 11 is 0. The molecule has 0 saturated carbocycles. The van der Waals surface area contributed by atoms with E-state index in [-0.39, 0.29) is 17.7 Å². The number of aliphatic carboxylic acids is 3. The molecule has 2 aromatic rings. The van der Waals surface area contributed by atoms with Crippen LogP contribution in [0.1, 0.15) is 28.8 Å². The molecule has 0 aliphatic carbocycles. The molecule has 0 radical (unpaired) electrons. The predicted molar refractivity (Wildman–Crippen MR) is 102 cm³/mol. The van der Waals surface area contributed by atoms with E-state index in [2.05, 4.69) is 10.2 Å². The van der Waals surface area contributed by atoms with E-state index < -0.39 is 48.2 Å². The molecule has 1 atom stereocenters. The fourth-order valence-corrected chi connectivity index (χ4v) is 2.57. The number of carbonyl (C=O) groups excluding carboxylic acids is 1. The monoisotopic (exact) mass is 414 g/mol. The Morgan fingerprint density at radius 3 is 1.97 bits per heavy atom. The average Bonchev–Trinajstić information content (AvgIpc) is 2.67. The fraction of sp³-hybridized carbons (Fsp3) is 0.200. The lowest BCUT2D eigenvalue weighted by atomic mass is 9.95. The van der Waals surface area contributed by atoms with Gasteiger partial charge in [0.05, 0.1) is 35.7 Å². The Bertz CT molecular complexity index is 998. The summed E-state index contributed by atoms with van der Waals surface area (Å²) < 4.78 is 0. The number of ketones is 1. The Hall–Kier alpha value is -4.08. The Kier molecular flexibility index (Phi) is 7.34. The highest BCUT2D eigenvalue weighted by molar-refractivity contribution is 6.01. The van der Waals surface area contributed by atoms with E-state index in [1.54, 1.807) is 24.3 Å². The number of nitrogens with zero attached hydrogens (tertiary/aromatic N) is 2. The summed E-state index contributed by atoms with van der Waals surface area (Å²) in [5, 5.41) is 44.4. The van der Waals surface area contributed by atoms with Crippen molar-refractivity contribution in [2.24, 2.45) is 16.1 Å². The van der Waals surface area contributed by atoms with Gasteiger partial charge in [-0.05, 0) is 35.9 Å². The third-order valence-electron chi connectivity index (χ3n) is 4.06. The molecule has 30 heavy (non-hydrogen) atoms. The first kappa shape index (κ1) is 22.2. The summed E-state index contributed by atoms with van der Waals surface area (Å²) in [5.41, 5.74) is 1.03. The second-order valence-corrected chi connectivity index (χ2v) is 6.40. The van der Waals surface area contributed by atoms with Gasteiger partial charge in [0.1, 0.15) is 5.75 Å². The summed E-state index contributed by atoms with van der Waals surface area (Å²) in [6.45, 7) is 0. The molecule has 10 nitrogen and oxygen atoms in total. The first-order chi connectivity index (χ1) is 14.2. The number of phenols is 1. The Morgan fingerprint density at radius 1 is 0.800 bits per heavy atom. The van der Waals surface area contributed by atoms with Crippen LogP contribution in [0.3, 0.4) is 0 Å². The minimum atomic E-state index is -1.43. The van der Waals surface area contributed by atoms with E-state index in [9.17, 15) is 24.3 Å². The lowest BCUT2D eigenvalue weighted by Gasteiger charge is -2.10. The number of carboxylic acids is 3. The molecule has 0 amide bonds. The zero-order valence-electron chi connectivity index (χ0n) is 15.6. The van der Waals surface area contributed by atoms with Crippen LogP contribution >= 0.6 is 0 Å². The van der Waals surface area contributed by atoms with Gasteiger partial charge < -0.3 is 20.4 Å². The van der Waals surface area contributed by atoms with Crippen LogP contribution in [0.15, 0.2) is 52.7 Å². The van der Waals surface area contributed by atoms with Crippen LogP contribution in [0.25, 0.3) is 0 Å². The van der Waals surface area contributed by atoms with Gasteiger partial charge in [-0.3, -0.25) is 19.2 Å². The minimum absolute atomic E-state index is 0.125. The quantitative estimate of drug-likeness (QED) is 0.338. The van der Waals surface area contributed by atoms with Crippen molar-refractivity contribution in [3.63, 3.8) is 0 Å². The zero-order valence-corrected chi connectivity index (χ0v) is 15.6. The third kappa shape index (κ3) is 6.51. The van der Waals surface area contributed by atoms with Crippen LogP contribution in [0.4, 0.5) is 11.4 Å². The van der Waals surface area contributed by atoms with Crippen LogP contribution in [0.5, 0.6) is 5.75 Å². The maximum atomic E-state index is 12.4. The number of phenolic OH excluding ortho intramolecular Hbond substituents is 1. The largest absolute Gasteiger partial charge is 0.507 e. The number of hydrogen-bond acceptors (Lipinski definition) is 7. The van der Waals surface area contributed by atoms with Crippen molar-refractivity contribution >= 4 is 35.1 Å². The van der Waals surface area contributed by atoms with E-state index in [1.165, 1.54) is 18.2 Å². The predicted octanol–water partition coefficient (Wildman–Crippen LogP) is 3.18. The highest BCUT2D eigenvalue weighted by Crippen LogP contribution is 2.27. The smallest absolute Gasteiger partial charge is 0.307 e. The molecule has 0 bridgehead atoms.